The van der Waals surface area contributed by atoms with E-state index in [9.17, 15) is 0 Å². The van der Waals surface area contributed by atoms with Crippen LogP contribution in [0.15, 0.2) is 34.3 Å². The van der Waals surface area contributed by atoms with Crippen molar-refractivity contribution < 1.29 is 0 Å². The van der Waals surface area contributed by atoms with Crippen molar-refractivity contribution in [1.29, 1.82) is 0 Å². The van der Waals surface area contributed by atoms with Crippen molar-refractivity contribution in [3.63, 3.8) is 0 Å². The van der Waals surface area contributed by atoms with Crippen LogP contribution in [0.3, 0.4) is 0 Å². The van der Waals surface area contributed by atoms with Crippen molar-refractivity contribution in [3.8, 4) is 0 Å². The number of nitrogens with two attached hydrogens (primary N) is 1. The highest BCUT2D eigenvalue weighted by molar-refractivity contribution is 7.99. The molecule has 0 spiro atoms. The van der Waals surface area contributed by atoms with E-state index in [0.717, 1.165) is 18.0 Å². The number of nitrogens with zero attached hydrogens (tertiary/aromatic N) is 4. The predicted molar refractivity (Wildman–Crippen MR) is 83.4 cm³/mol. The molecule has 0 atom stereocenters. The van der Waals surface area contributed by atoms with Crippen LogP contribution in [0, 0.1) is 0 Å². The summed E-state index contributed by atoms with van der Waals surface area (Å²) in [6.45, 7) is 5.75. The van der Waals surface area contributed by atoms with Crippen molar-refractivity contribution in [3.05, 3.63) is 29.3 Å². The van der Waals surface area contributed by atoms with Crippen LogP contribution in [-0.4, -0.2) is 28.0 Å². The zero-order valence-corrected chi connectivity index (χ0v) is 12.9. The van der Waals surface area contributed by atoms with Crippen LogP contribution in [0.2, 0.25) is 5.02 Å². The van der Waals surface area contributed by atoms with Crippen molar-refractivity contribution in [2.75, 3.05) is 23.7 Å². The molecular weight excluding hydrogens is 294 g/mol. The predicted octanol–water partition coefficient (Wildman–Crippen LogP) is 3.10. The summed E-state index contributed by atoms with van der Waals surface area (Å²) in [4.78, 5) is 15.8. The van der Waals surface area contributed by atoms with Crippen molar-refractivity contribution in [1.82, 2.24) is 15.0 Å². The molecule has 20 heavy (non-hydrogen) atoms. The van der Waals surface area contributed by atoms with Crippen LogP contribution in [0.5, 0.6) is 0 Å². The minimum atomic E-state index is 0.235. The number of aromatic nitrogens is 3. The molecule has 0 aliphatic carbocycles. The Morgan fingerprint density at radius 3 is 2.35 bits per heavy atom. The molecule has 2 aromatic rings. The minimum Gasteiger partial charge on any atom is -0.368 e. The SMILES string of the molecule is CCN(CC)c1nc(N)nc(Sc2ccc(Cl)cc2)n1. The Balaban J connectivity index is 2.25. The standard InChI is InChI=1S/C13H16ClN5S/c1-3-19(4-2)12-16-11(15)17-13(18-12)20-10-7-5-9(14)6-8-10/h5-8H,3-4H2,1-2H3,(H2,15,16,17,18). The summed E-state index contributed by atoms with van der Waals surface area (Å²) >= 11 is 7.30. The zero-order valence-electron chi connectivity index (χ0n) is 11.4. The Bertz CT molecular complexity index is 571. The van der Waals surface area contributed by atoms with Gasteiger partial charge < -0.3 is 10.6 Å². The first-order chi connectivity index (χ1) is 9.62. The minimum absolute atomic E-state index is 0.235. The number of rotatable bonds is 5. The van der Waals surface area contributed by atoms with Gasteiger partial charge in [0, 0.05) is 23.0 Å². The molecule has 7 heteroatoms. The topological polar surface area (TPSA) is 67.9 Å². The number of halogens is 1. The molecule has 0 aliphatic heterocycles. The smallest absolute Gasteiger partial charge is 0.231 e. The zero-order chi connectivity index (χ0) is 14.5. The third-order valence-corrected chi connectivity index (χ3v) is 3.81. The first-order valence-electron chi connectivity index (χ1n) is 6.32. The van der Waals surface area contributed by atoms with Crippen molar-refractivity contribution >= 4 is 35.3 Å². The summed E-state index contributed by atoms with van der Waals surface area (Å²) in [5.41, 5.74) is 5.76. The van der Waals surface area contributed by atoms with Gasteiger partial charge in [-0.2, -0.15) is 15.0 Å². The van der Waals surface area contributed by atoms with Crippen LogP contribution < -0.4 is 10.6 Å². The van der Waals surface area contributed by atoms with E-state index in [1.807, 2.05) is 29.2 Å². The summed E-state index contributed by atoms with van der Waals surface area (Å²) in [5.74, 6) is 0.845. The number of benzene rings is 1. The monoisotopic (exact) mass is 309 g/mol. The lowest BCUT2D eigenvalue weighted by Gasteiger charge is -2.18. The maximum absolute atomic E-state index is 5.87. The molecule has 1 aromatic heterocycles. The van der Waals surface area contributed by atoms with Crippen LogP contribution in [0.4, 0.5) is 11.9 Å². The highest BCUT2D eigenvalue weighted by atomic mass is 35.5. The molecule has 0 saturated carbocycles. The third-order valence-electron chi connectivity index (χ3n) is 2.69. The fourth-order valence-corrected chi connectivity index (χ4v) is 2.54. The summed E-state index contributed by atoms with van der Waals surface area (Å²) in [7, 11) is 0. The van der Waals surface area contributed by atoms with Gasteiger partial charge in [0.1, 0.15) is 0 Å². The molecule has 0 radical (unpaired) electrons. The first kappa shape index (κ1) is 14.9. The number of hydrogen-bond acceptors (Lipinski definition) is 6. The van der Waals surface area contributed by atoms with Crippen LogP contribution >= 0.6 is 23.4 Å². The van der Waals surface area contributed by atoms with Crippen LogP contribution in [0.1, 0.15) is 13.8 Å². The van der Waals surface area contributed by atoms with Gasteiger partial charge >= 0.3 is 0 Å². The normalized spacial score (nSPS) is 10.6. The van der Waals surface area contributed by atoms with Gasteiger partial charge in [0.05, 0.1) is 0 Å². The van der Waals surface area contributed by atoms with Gasteiger partial charge in [-0.05, 0) is 49.9 Å². The fraction of sp³-hybridized carbons (Fsp3) is 0.308. The lowest BCUT2D eigenvalue weighted by Crippen LogP contribution is -2.25. The highest BCUT2D eigenvalue weighted by Gasteiger charge is 2.10. The third kappa shape index (κ3) is 3.74. The van der Waals surface area contributed by atoms with Crippen molar-refractivity contribution in [2.45, 2.75) is 23.9 Å². The van der Waals surface area contributed by atoms with E-state index in [0.29, 0.717) is 16.1 Å². The van der Waals surface area contributed by atoms with E-state index in [1.165, 1.54) is 11.8 Å². The Morgan fingerprint density at radius 2 is 1.75 bits per heavy atom. The molecule has 0 amide bonds. The first-order valence-corrected chi connectivity index (χ1v) is 7.51. The Morgan fingerprint density at radius 1 is 1.10 bits per heavy atom. The Kier molecular flexibility index (Phi) is 5.03. The maximum Gasteiger partial charge on any atom is 0.231 e. The van der Waals surface area contributed by atoms with Crippen LogP contribution in [0.25, 0.3) is 0 Å². The molecular formula is C13H16ClN5S. The summed E-state index contributed by atoms with van der Waals surface area (Å²) in [6.07, 6.45) is 0. The molecule has 106 valence electrons. The number of nitrogen functional groups attached to an aromatic ring is 1. The van der Waals surface area contributed by atoms with Gasteiger partial charge in [-0.25, -0.2) is 0 Å². The van der Waals surface area contributed by atoms with E-state index < -0.39 is 0 Å². The van der Waals surface area contributed by atoms with E-state index in [2.05, 4.69) is 28.8 Å². The molecule has 2 N–H and O–H groups in total. The average Bonchev–Trinajstić information content (AvgIpc) is 2.42. The lowest BCUT2D eigenvalue weighted by molar-refractivity contribution is 0.787. The quantitative estimate of drug-likeness (QED) is 0.915. The largest absolute Gasteiger partial charge is 0.368 e. The van der Waals surface area contributed by atoms with Gasteiger partial charge in [0.15, 0.2) is 5.16 Å². The second-order valence-electron chi connectivity index (χ2n) is 4.00. The van der Waals surface area contributed by atoms with E-state index >= 15 is 0 Å². The fourth-order valence-electron chi connectivity index (χ4n) is 1.66. The molecule has 0 fully saturated rings. The van der Waals surface area contributed by atoms with Gasteiger partial charge in [0.2, 0.25) is 11.9 Å². The van der Waals surface area contributed by atoms with E-state index in [4.69, 9.17) is 17.3 Å². The molecule has 5 nitrogen and oxygen atoms in total. The molecule has 1 heterocycles. The summed E-state index contributed by atoms with van der Waals surface area (Å²) < 4.78 is 0. The molecule has 1 aromatic carbocycles. The molecule has 0 saturated heterocycles. The number of hydrogen-bond donors (Lipinski definition) is 1. The summed E-state index contributed by atoms with van der Waals surface area (Å²) in [5, 5.41) is 1.29. The average molecular weight is 310 g/mol. The summed E-state index contributed by atoms with van der Waals surface area (Å²) in [6, 6.07) is 7.51. The van der Waals surface area contributed by atoms with Gasteiger partial charge in [0.25, 0.3) is 0 Å². The number of anilines is 2. The van der Waals surface area contributed by atoms with E-state index in [-0.39, 0.29) is 5.95 Å². The molecule has 0 aliphatic rings. The molecule has 0 unspecified atom stereocenters. The highest BCUT2D eigenvalue weighted by Crippen LogP contribution is 2.27. The Labute approximate surface area is 127 Å². The molecule has 2 rings (SSSR count). The van der Waals surface area contributed by atoms with Crippen LogP contribution in [-0.2, 0) is 0 Å². The second-order valence-corrected chi connectivity index (χ2v) is 5.48. The van der Waals surface area contributed by atoms with Gasteiger partial charge in [-0.1, -0.05) is 11.6 Å². The molecule has 0 bridgehead atoms. The van der Waals surface area contributed by atoms with Crippen molar-refractivity contribution in [2.24, 2.45) is 0 Å². The lowest BCUT2D eigenvalue weighted by atomic mass is 10.4. The van der Waals surface area contributed by atoms with E-state index in [1.54, 1.807) is 0 Å². The van der Waals surface area contributed by atoms with Gasteiger partial charge in [-0.3, -0.25) is 0 Å². The Hall–Kier alpha value is -1.53. The van der Waals surface area contributed by atoms with Gasteiger partial charge in [-0.15, -0.1) is 0 Å². The maximum atomic E-state index is 5.87. The second kappa shape index (κ2) is 6.76.